The minimum absolute atomic E-state index is 0.0768. The third-order valence-corrected chi connectivity index (χ3v) is 4.11. The molecule has 1 fully saturated rings. The number of hydrogen-bond donors (Lipinski definition) is 0. The highest BCUT2D eigenvalue weighted by Gasteiger charge is 2.30. The normalized spacial score (nSPS) is 17.7. The van der Waals surface area contributed by atoms with Crippen molar-refractivity contribution in [2.75, 3.05) is 13.1 Å². The summed E-state index contributed by atoms with van der Waals surface area (Å²) >= 11 is 0. The summed E-state index contributed by atoms with van der Waals surface area (Å²) in [6.07, 6.45) is 4.20. The molecule has 0 aliphatic carbocycles. The Balaban J connectivity index is 1.61. The zero-order chi connectivity index (χ0) is 15.8. The Labute approximate surface area is 131 Å². The molecule has 1 aliphatic heterocycles. The average molecular weight is 310 g/mol. The zero-order valence-corrected chi connectivity index (χ0v) is 12.3. The maximum atomic E-state index is 12.6. The van der Waals surface area contributed by atoms with Crippen molar-refractivity contribution >= 4 is 16.9 Å². The van der Waals surface area contributed by atoms with Crippen LogP contribution in [0, 0.1) is 0 Å². The van der Waals surface area contributed by atoms with Gasteiger partial charge in [-0.05, 0) is 18.6 Å². The zero-order valence-electron chi connectivity index (χ0n) is 12.3. The first-order chi connectivity index (χ1) is 11.2. The molecule has 1 aliphatic rings. The first-order valence-corrected chi connectivity index (χ1v) is 7.40. The second-order valence-corrected chi connectivity index (χ2v) is 5.55. The van der Waals surface area contributed by atoms with Crippen molar-refractivity contribution in [1.29, 1.82) is 0 Å². The highest BCUT2D eigenvalue weighted by atomic mass is 16.3. The van der Waals surface area contributed by atoms with E-state index in [0.29, 0.717) is 24.1 Å². The van der Waals surface area contributed by atoms with E-state index in [9.17, 15) is 9.59 Å². The number of likely N-dealkylation sites (tertiary alicyclic amines) is 1. The molecule has 1 saturated heterocycles. The molecular weight excluding hydrogens is 296 g/mol. The van der Waals surface area contributed by atoms with E-state index in [1.165, 1.54) is 6.07 Å². The number of carbonyl (C=O) groups is 1. The Bertz CT molecular complexity index is 916. The van der Waals surface area contributed by atoms with Crippen LogP contribution in [0.4, 0.5) is 0 Å². The summed E-state index contributed by atoms with van der Waals surface area (Å²) in [7, 11) is 0. The summed E-state index contributed by atoms with van der Waals surface area (Å²) < 4.78 is 7.37. The van der Waals surface area contributed by atoms with Crippen LogP contribution in [0.15, 0.2) is 51.9 Å². The Kier molecular flexibility index (Phi) is 3.18. The minimum atomic E-state index is -0.268. The summed E-state index contributed by atoms with van der Waals surface area (Å²) in [5, 5.41) is 8.24. The van der Waals surface area contributed by atoms with Gasteiger partial charge in [-0.15, -0.1) is 5.10 Å². The van der Waals surface area contributed by atoms with Gasteiger partial charge in [-0.1, -0.05) is 17.3 Å². The lowest BCUT2D eigenvalue weighted by Gasteiger charge is -2.15. The van der Waals surface area contributed by atoms with E-state index in [0.717, 1.165) is 6.42 Å². The largest absolute Gasteiger partial charge is 0.451 e. The molecule has 0 saturated carbocycles. The van der Waals surface area contributed by atoms with Crippen LogP contribution in [0.25, 0.3) is 11.0 Å². The van der Waals surface area contributed by atoms with Crippen molar-refractivity contribution < 1.29 is 9.21 Å². The molecule has 0 radical (unpaired) electrons. The van der Waals surface area contributed by atoms with Crippen LogP contribution in [-0.4, -0.2) is 38.9 Å². The molecule has 3 heterocycles. The monoisotopic (exact) mass is 310 g/mol. The fourth-order valence-corrected chi connectivity index (χ4v) is 2.92. The molecular formula is C16H14N4O3. The fraction of sp³-hybridized carbons (Fsp3) is 0.250. The number of benzene rings is 1. The van der Waals surface area contributed by atoms with Gasteiger partial charge < -0.3 is 9.32 Å². The second-order valence-electron chi connectivity index (χ2n) is 5.55. The summed E-state index contributed by atoms with van der Waals surface area (Å²) in [5.74, 6) is -0.191. The van der Waals surface area contributed by atoms with Gasteiger partial charge in [-0.25, -0.2) is 4.68 Å². The summed E-state index contributed by atoms with van der Waals surface area (Å²) in [4.78, 5) is 26.4. The highest BCUT2D eigenvalue weighted by molar-refractivity contribution is 5.93. The SMILES string of the molecule is O=C(c1cc(=O)c2ccccc2o1)N1CCC(n2ccnn2)C1. The molecule has 0 N–H and O–H groups in total. The van der Waals surface area contributed by atoms with Crippen molar-refractivity contribution in [2.45, 2.75) is 12.5 Å². The van der Waals surface area contributed by atoms with Gasteiger partial charge in [0.15, 0.2) is 11.2 Å². The Hall–Kier alpha value is -2.96. The van der Waals surface area contributed by atoms with Crippen molar-refractivity contribution in [3.63, 3.8) is 0 Å². The van der Waals surface area contributed by atoms with E-state index < -0.39 is 0 Å². The van der Waals surface area contributed by atoms with E-state index in [-0.39, 0.29) is 23.1 Å². The Morgan fingerprint density at radius 3 is 3.00 bits per heavy atom. The number of amides is 1. The van der Waals surface area contributed by atoms with Gasteiger partial charge in [0.25, 0.3) is 5.91 Å². The van der Waals surface area contributed by atoms with Crippen molar-refractivity contribution in [3.8, 4) is 0 Å². The molecule has 3 aromatic rings. The third-order valence-electron chi connectivity index (χ3n) is 4.11. The van der Waals surface area contributed by atoms with E-state index in [2.05, 4.69) is 10.3 Å². The smallest absolute Gasteiger partial charge is 0.289 e. The van der Waals surface area contributed by atoms with Crippen molar-refractivity contribution in [2.24, 2.45) is 0 Å². The third kappa shape index (κ3) is 2.40. The summed E-state index contributed by atoms with van der Waals surface area (Å²) in [6, 6.07) is 8.29. The standard InChI is InChI=1S/C16H14N4O3/c21-13-9-15(23-14-4-2-1-3-12(13)14)16(22)19-7-5-11(10-19)20-8-6-17-18-20/h1-4,6,8-9,11H,5,7,10H2. The van der Waals surface area contributed by atoms with Crippen LogP contribution >= 0.6 is 0 Å². The predicted octanol–water partition coefficient (Wildman–Crippen LogP) is 1.47. The van der Waals surface area contributed by atoms with Gasteiger partial charge in [0, 0.05) is 25.4 Å². The van der Waals surface area contributed by atoms with Crippen molar-refractivity contribution in [1.82, 2.24) is 19.9 Å². The number of hydrogen-bond acceptors (Lipinski definition) is 5. The molecule has 1 unspecified atom stereocenters. The van der Waals surface area contributed by atoms with Crippen LogP contribution in [-0.2, 0) is 0 Å². The molecule has 4 rings (SSSR count). The van der Waals surface area contributed by atoms with Crippen LogP contribution in [0.1, 0.15) is 23.0 Å². The molecule has 7 heteroatoms. The lowest BCUT2D eigenvalue weighted by Crippen LogP contribution is -2.29. The fourth-order valence-electron chi connectivity index (χ4n) is 2.92. The lowest BCUT2D eigenvalue weighted by molar-refractivity contribution is 0.0756. The lowest BCUT2D eigenvalue weighted by atomic mass is 10.2. The minimum Gasteiger partial charge on any atom is -0.451 e. The van der Waals surface area contributed by atoms with Crippen LogP contribution < -0.4 is 5.43 Å². The number of carbonyl (C=O) groups excluding carboxylic acids is 1. The maximum Gasteiger partial charge on any atom is 0.289 e. The number of nitrogens with zero attached hydrogens (tertiary/aromatic N) is 4. The van der Waals surface area contributed by atoms with E-state index >= 15 is 0 Å². The molecule has 0 spiro atoms. The quantitative estimate of drug-likeness (QED) is 0.716. The molecule has 1 atom stereocenters. The first-order valence-electron chi connectivity index (χ1n) is 7.40. The van der Waals surface area contributed by atoms with E-state index in [4.69, 9.17) is 4.42 Å². The van der Waals surface area contributed by atoms with Crippen molar-refractivity contribution in [3.05, 3.63) is 58.7 Å². The van der Waals surface area contributed by atoms with Gasteiger partial charge in [0.2, 0.25) is 0 Å². The average Bonchev–Trinajstić information content (AvgIpc) is 3.25. The van der Waals surface area contributed by atoms with Crippen LogP contribution in [0.5, 0.6) is 0 Å². The van der Waals surface area contributed by atoms with Gasteiger partial charge in [-0.2, -0.15) is 0 Å². The molecule has 1 aromatic carbocycles. The maximum absolute atomic E-state index is 12.6. The number of rotatable bonds is 2. The Morgan fingerprint density at radius 2 is 2.17 bits per heavy atom. The molecule has 7 nitrogen and oxygen atoms in total. The van der Waals surface area contributed by atoms with Gasteiger partial charge >= 0.3 is 0 Å². The van der Waals surface area contributed by atoms with E-state index in [1.807, 2.05) is 0 Å². The van der Waals surface area contributed by atoms with Gasteiger partial charge in [0.1, 0.15) is 5.58 Å². The van der Waals surface area contributed by atoms with Crippen LogP contribution in [0.3, 0.4) is 0 Å². The van der Waals surface area contributed by atoms with Gasteiger partial charge in [0.05, 0.1) is 17.6 Å². The number of fused-ring (bicyclic) bond motifs is 1. The topological polar surface area (TPSA) is 81.2 Å². The molecule has 2 aromatic heterocycles. The Morgan fingerprint density at radius 1 is 1.30 bits per heavy atom. The first kappa shape index (κ1) is 13.7. The second kappa shape index (κ2) is 5.35. The predicted molar refractivity (Wildman–Crippen MR) is 82.1 cm³/mol. The van der Waals surface area contributed by atoms with Crippen LogP contribution in [0.2, 0.25) is 0 Å². The molecule has 0 bridgehead atoms. The van der Waals surface area contributed by atoms with Gasteiger partial charge in [-0.3, -0.25) is 9.59 Å². The molecule has 23 heavy (non-hydrogen) atoms. The summed E-state index contributed by atoms with van der Waals surface area (Å²) in [5.41, 5.74) is 0.220. The van der Waals surface area contributed by atoms with E-state index in [1.54, 1.807) is 46.2 Å². The highest BCUT2D eigenvalue weighted by Crippen LogP contribution is 2.22. The summed E-state index contributed by atoms with van der Waals surface area (Å²) in [6.45, 7) is 1.12. The molecule has 1 amide bonds. The number of para-hydroxylation sites is 1. The molecule has 116 valence electrons. The number of aromatic nitrogens is 3.